The van der Waals surface area contributed by atoms with Crippen LogP contribution in [-0.2, 0) is 7.05 Å². The summed E-state index contributed by atoms with van der Waals surface area (Å²) in [4.78, 5) is 13.9. The van der Waals surface area contributed by atoms with Gasteiger partial charge < -0.3 is 15.2 Å². The highest BCUT2D eigenvalue weighted by Gasteiger charge is 2.16. The fraction of sp³-hybridized carbons (Fsp3) is 0.538. The first-order valence-corrected chi connectivity index (χ1v) is 6.80. The van der Waals surface area contributed by atoms with Gasteiger partial charge in [-0.1, -0.05) is 4.98 Å². The lowest BCUT2D eigenvalue weighted by atomic mass is 10.1. The number of nitro groups is 1. The second kappa shape index (κ2) is 6.49. The minimum Gasteiger partial charge on any atom is -0.391 e. The third-order valence-electron chi connectivity index (χ3n) is 3.33. The molecule has 0 bridgehead atoms. The van der Waals surface area contributed by atoms with Crippen molar-refractivity contribution in [3.8, 4) is 0 Å². The van der Waals surface area contributed by atoms with E-state index in [0.717, 1.165) is 25.1 Å². The number of aromatic nitrogens is 2. The summed E-state index contributed by atoms with van der Waals surface area (Å²) in [5.41, 5.74) is 1.41. The number of piperidine rings is 1. The number of nitrogens with zero attached hydrogens (tertiary/aromatic N) is 5. The van der Waals surface area contributed by atoms with Gasteiger partial charge in [0.1, 0.15) is 11.9 Å². The summed E-state index contributed by atoms with van der Waals surface area (Å²) < 4.78 is 1.41. The van der Waals surface area contributed by atoms with Gasteiger partial charge in [-0.05, 0) is 36.8 Å². The van der Waals surface area contributed by atoms with Crippen LogP contribution in [0.1, 0.15) is 25.5 Å². The van der Waals surface area contributed by atoms with Gasteiger partial charge in [-0.25, -0.2) is 4.57 Å². The number of hydrazone groups is 1. The van der Waals surface area contributed by atoms with Crippen molar-refractivity contribution in [2.24, 2.45) is 12.1 Å². The summed E-state index contributed by atoms with van der Waals surface area (Å²) in [6.45, 7) is 3.23. The summed E-state index contributed by atoms with van der Waals surface area (Å²) in [7, 11) is 1.60. The summed E-state index contributed by atoms with van der Waals surface area (Å²) in [6, 6.07) is 0. The highest BCUT2D eigenvalue weighted by Crippen LogP contribution is 2.13. The van der Waals surface area contributed by atoms with Crippen LogP contribution in [0.2, 0.25) is 0 Å². The van der Waals surface area contributed by atoms with Gasteiger partial charge in [-0.3, -0.25) is 5.01 Å². The molecule has 1 N–H and O–H groups in total. The van der Waals surface area contributed by atoms with Crippen molar-refractivity contribution in [1.29, 1.82) is 0 Å². The molecule has 1 aromatic rings. The number of hydrogen-bond donors (Lipinski definition) is 1. The number of rotatable bonds is 4. The normalized spacial score (nSPS) is 20.2. The Hall–Kier alpha value is -2.22. The first kappa shape index (κ1) is 15.2. The van der Waals surface area contributed by atoms with Crippen molar-refractivity contribution in [3.63, 3.8) is 0 Å². The maximum absolute atomic E-state index is 10.7. The molecule has 1 aliphatic heterocycles. The summed E-state index contributed by atoms with van der Waals surface area (Å²) in [5, 5.41) is 26.6. The number of allylic oxidation sites excluding steroid dienone is 1. The van der Waals surface area contributed by atoms with Crippen molar-refractivity contribution in [2.45, 2.75) is 25.9 Å². The molecule has 21 heavy (non-hydrogen) atoms. The average Bonchev–Trinajstić information content (AvgIpc) is 2.78. The fourth-order valence-corrected chi connectivity index (χ4v) is 2.23. The lowest BCUT2D eigenvalue weighted by Crippen LogP contribution is -2.35. The van der Waals surface area contributed by atoms with E-state index in [2.05, 4.69) is 10.1 Å². The third kappa shape index (κ3) is 3.88. The molecular formula is C13H19N5O3. The molecule has 1 unspecified atom stereocenters. The molecule has 2 heterocycles. The molecule has 8 heteroatoms. The van der Waals surface area contributed by atoms with E-state index in [1.807, 2.05) is 11.9 Å². The predicted molar refractivity (Wildman–Crippen MR) is 78.8 cm³/mol. The Balaban J connectivity index is 2.04. The second-order valence-corrected chi connectivity index (χ2v) is 5.08. The van der Waals surface area contributed by atoms with Crippen molar-refractivity contribution in [3.05, 3.63) is 28.1 Å². The molecule has 0 aliphatic carbocycles. The van der Waals surface area contributed by atoms with Crippen LogP contribution in [0.4, 0.5) is 5.95 Å². The van der Waals surface area contributed by atoms with Crippen molar-refractivity contribution < 1.29 is 10.0 Å². The standard InChI is InChI=1S/C13H19N5O3/c1-10(15-17-7-3-4-12(19)9-17)5-6-11-8-14-13(16(11)2)18(20)21/h5-6,8,12,19H,3-4,7,9H2,1-2H3/b6-5+,15-10+. The molecule has 0 saturated carbocycles. The SMILES string of the molecule is CC(/C=C/c1cnc([N+](=O)[O-])n1C)=N\N1CCCC(O)C1. The van der Waals surface area contributed by atoms with Gasteiger partial charge in [0.15, 0.2) is 0 Å². The van der Waals surface area contributed by atoms with Crippen LogP contribution in [0.3, 0.4) is 0 Å². The Kier molecular flexibility index (Phi) is 4.69. The molecule has 0 amide bonds. The number of aliphatic hydroxyl groups excluding tert-OH is 1. The first-order valence-electron chi connectivity index (χ1n) is 6.80. The van der Waals surface area contributed by atoms with Crippen LogP contribution in [-0.4, -0.2) is 49.5 Å². The smallest absolute Gasteiger partial charge is 0.391 e. The Morgan fingerprint density at radius 2 is 2.43 bits per heavy atom. The summed E-state index contributed by atoms with van der Waals surface area (Å²) in [5.74, 6) is -0.191. The maximum Gasteiger partial charge on any atom is 0.434 e. The largest absolute Gasteiger partial charge is 0.434 e. The van der Waals surface area contributed by atoms with Crippen LogP contribution in [0.25, 0.3) is 6.08 Å². The van der Waals surface area contributed by atoms with Gasteiger partial charge in [0.25, 0.3) is 0 Å². The van der Waals surface area contributed by atoms with Crippen LogP contribution < -0.4 is 0 Å². The van der Waals surface area contributed by atoms with E-state index < -0.39 is 4.92 Å². The van der Waals surface area contributed by atoms with E-state index in [4.69, 9.17) is 0 Å². The molecule has 0 spiro atoms. The highest BCUT2D eigenvalue weighted by molar-refractivity contribution is 5.96. The second-order valence-electron chi connectivity index (χ2n) is 5.08. The molecule has 114 valence electrons. The predicted octanol–water partition coefficient (Wildman–Crippen LogP) is 1.17. The Morgan fingerprint density at radius 3 is 3.05 bits per heavy atom. The molecule has 1 fully saturated rings. The molecule has 8 nitrogen and oxygen atoms in total. The zero-order valence-corrected chi connectivity index (χ0v) is 12.1. The monoisotopic (exact) mass is 293 g/mol. The van der Waals surface area contributed by atoms with Crippen LogP contribution >= 0.6 is 0 Å². The van der Waals surface area contributed by atoms with E-state index in [0.29, 0.717) is 12.2 Å². The van der Waals surface area contributed by atoms with Crippen LogP contribution in [0.15, 0.2) is 17.4 Å². The third-order valence-corrected chi connectivity index (χ3v) is 3.33. The molecule has 1 aliphatic rings. The first-order chi connectivity index (χ1) is 9.97. The van der Waals surface area contributed by atoms with Gasteiger partial charge in [-0.2, -0.15) is 5.10 Å². The van der Waals surface area contributed by atoms with Gasteiger partial charge in [-0.15, -0.1) is 0 Å². The number of imidazole rings is 1. The highest BCUT2D eigenvalue weighted by atomic mass is 16.6. The van der Waals surface area contributed by atoms with E-state index in [1.165, 1.54) is 10.8 Å². The molecule has 1 saturated heterocycles. The quantitative estimate of drug-likeness (QED) is 0.510. The molecule has 1 aromatic heterocycles. The molecule has 0 radical (unpaired) electrons. The van der Waals surface area contributed by atoms with Gasteiger partial charge in [0.2, 0.25) is 0 Å². The Bertz CT molecular complexity index is 578. The zero-order chi connectivity index (χ0) is 15.4. The summed E-state index contributed by atoms with van der Waals surface area (Å²) >= 11 is 0. The Labute approximate surface area is 122 Å². The minimum absolute atomic E-state index is 0.191. The summed E-state index contributed by atoms with van der Waals surface area (Å²) in [6.07, 6.45) is 6.39. The van der Waals surface area contributed by atoms with E-state index in [9.17, 15) is 15.2 Å². The van der Waals surface area contributed by atoms with Gasteiger partial charge in [0, 0.05) is 6.54 Å². The minimum atomic E-state index is -0.520. The average molecular weight is 293 g/mol. The Morgan fingerprint density at radius 1 is 1.67 bits per heavy atom. The number of hydrogen-bond acceptors (Lipinski definition) is 6. The van der Waals surface area contributed by atoms with Crippen LogP contribution in [0.5, 0.6) is 0 Å². The zero-order valence-electron chi connectivity index (χ0n) is 12.1. The maximum atomic E-state index is 10.7. The number of β-amino-alcohol motifs (C(OH)–C–C–N with tert-alkyl or cyclic N) is 1. The molecule has 0 aromatic carbocycles. The van der Waals surface area contributed by atoms with E-state index in [-0.39, 0.29) is 12.1 Å². The lowest BCUT2D eigenvalue weighted by Gasteiger charge is -2.27. The fourth-order valence-electron chi connectivity index (χ4n) is 2.23. The topological polar surface area (TPSA) is 96.8 Å². The molecule has 1 atom stereocenters. The van der Waals surface area contributed by atoms with Crippen molar-refractivity contribution in [2.75, 3.05) is 13.1 Å². The van der Waals surface area contributed by atoms with Crippen molar-refractivity contribution >= 4 is 17.7 Å². The van der Waals surface area contributed by atoms with E-state index in [1.54, 1.807) is 19.2 Å². The number of aliphatic hydroxyl groups is 1. The lowest BCUT2D eigenvalue weighted by molar-refractivity contribution is -0.396. The van der Waals surface area contributed by atoms with Crippen LogP contribution in [0, 0.1) is 10.1 Å². The van der Waals surface area contributed by atoms with E-state index >= 15 is 0 Å². The van der Waals surface area contributed by atoms with Gasteiger partial charge >= 0.3 is 5.95 Å². The van der Waals surface area contributed by atoms with Gasteiger partial charge in [0.05, 0.1) is 25.4 Å². The molecular weight excluding hydrogens is 274 g/mol. The van der Waals surface area contributed by atoms with Crippen molar-refractivity contribution in [1.82, 2.24) is 14.6 Å². The molecule has 2 rings (SSSR count).